The molecule has 2 aromatic carbocycles. The normalized spacial score (nSPS) is 11.8. The topological polar surface area (TPSA) is 51.2 Å². The van der Waals surface area contributed by atoms with Crippen molar-refractivity contribution in [1.82, 2.24) is 4.98 Å². The monoisotopic (exact) mass is 378 g/mol. The van der Waals surface area contributed by atoms with Gasteiger partial charge >= 0.3 is 0 Å². The molecule has 26 heavy (non-hydrogen) atoms. The van der Waals surface area contributed by atoms with Crippen molar-refractivity contribution in [2.75, 3.05) is 5.32 Å². The molecule has 4 nitrogen and oxygen atoms in total. The van der Waals surface area contributed by atoms with Gasteiger partial charge in [-0.3, -0.25) is 10.1 Å². The number of rotatable bonds is 5. The largest absolute Gasteiger partial charge is 0.478 e. The number of para-hydroxylation sites is 1. The molecule has 134 valence electrons. The van der Waals surface area contributed by atoms with E-state index in [1.807, 2.05) is 0 Å². The summed E-state index contributed by atoms with van der Waals surface area (Å²) in [5, 5.41) is 4.42. The lowest BCUT2D eigenvalue weighted by Crippen LogP contribution is -2.30. The summed E-state index contributed by atoms with van der Waals surface area (Å²) in [4.78, 5) is 16.3. The predicted molar refractivity (Wildman–Crippen MR) is 92.6 cm³/mol. The number of thiazole rings is 1. The van der Waals surface area contributed by atoms with Crippen LogP contribution >= 0.6 is 11.3 Å². The van der Waals surface area contributed by atoms with Crippen LogP contribution in [0.5, 0.6) is 5.75 Å². The Labute approximate surface area is 151 Å². The van der Waals surface area contributed by atoms with Crippen LogP contribution in [0, 0.1) is 17.5 Å². The highest BCUT2D eigenvalue weighted by Crippen LogP contribution is 2.26. The molecule has 1 aromatic heterocycles. The second-order valence-electron chi connectivity index (χ2n) is 5.35. The number of halogens is 3. The van der Waals surface area contributed by atoms with Crippen LogP contribution in [0.25, 0.3) is 11.3 Å². The molecule has 0 radical (unpaired) electrons. The van der Waals surface area contributed by atoms with Crippen molar-refractivity contribution >= 4 is 22.4 Å². The Balaban J connectivity index is 1.67. The molecular weight excluding hydrogens is 365 g/mol. The van der Waals surface area contributed by atoms with E-state index in [4.69, 9.17) is 4.74 Å². The summed E-state index contributed by atoms with van der Waals surface area (Å²) in [5.41, 5.74) is 0.781. The zero-order chi connectivity index (χ0) is 18.7. The lowest BCUT2D eigenvalue weighted by molar-refractivity contribution is -0.122. The van der Waals surface area contributed by atoms with Gasteiger partial charge in [0.2, 0.25) is 0 Å². The zero-order valence-corrected chi connectivity index (χ0v) is 14.3. The van der Waals surface area contributed by atoms with E-state index >= 15 is 0 Å². The van der Waals surface area contributed by atoms with Gasteiger partial charge in [-0.25, -0.2) is 18.2 Å². The average Bonchev–Trinajstić information content (AvgIpc) is 3.07. The van der Waals surface area contributed by atoms with Gasteiger partial charge < -0.3 is 4.74 Å². The van der Waals surface area contributed by atoms with E-state index in [2.05, 4.69) is 10.3 Å². The van der Waals surface area contributed by atoms with Crippen molar-refractivity contribution in [3.63, 3.8) is 0 Å². The van der Waals surface area contributed by atoms with E-state index < -0.39 is 29.5 Å². The number of nitrogens with zero attached hydrogens (tertiary/aromatic N) is 1. The molecule has 1 amide bonds. The first kappa shape index (κ1) is 17.9. The molecule has 0 saturated heterocycles. The Morgan fingerprint density at radius 3 is 2.62 bits per heavy atom. The van der Waals surface area contributed by atoms with Gasteiger partial charge in [-0.1, -0.05) is 12.1 Å². The quantitative estimate of drug-likeness (QED) is 0.704. The highest BCUT2D eigenvalue weighted by molar-refractivity contribution is 7.14. The zero-order valence-electron chi connectivity index (χ0n) is 13.5. The second kappa shape index (κ2) is 7.57. The number of hydrogen-bond acceptors (Lipinski definition) is 4. The molecule has 1 atom stereocenters. The summed E-state index contributed by atoms with van der Waals surface area (Å²) < 4.78 is 45.2. The minimum Gasteiger partial charge on any atom is -0.478 e. The van der Waals surface area contributed by atoms with Crippen LogP contribution in [-0.2, 0) is 4.79 Å². The van der Waals surface area contributed by atoms with Crippen LogP contribution in [-0.4, -0.2) is 17.0 Å². The fourth-order valence-corrected chi connectivity index (χ4v) is 2.83. The lowest BCUT2D eigenvalue weighted by Gasteiger charge is -2.14. The third kappa shape index (κ3) is 4.02. The number of benzene rings is 2. The highest BCUT2D eigenvalue weighted by atomic mass is 32.1. The van der Waals surface area contributed by atoms with E-state index in [1.54, 1.807) is 11.4 Å². The molecule has 0 aliphatic rings. The highest BCUT2D eigenvalue weighted by Gasteiger charge is 2.18. The van der Waals surface area contributed by atoms with Gasteiger partial charge in [0, 0.05) is 10.9 Å². The molecule has 0 saturated carbocycles. The van der Waals surface area contributed by atoms with Crippen LogP contribution in [0.3, 0.4) is 0 Å². The van der Waals surface area contributed by atoms with Crippen molar-refractivity contribution in [3.05, 3.63) is 65.3 Å². The molecule has 0 unspecified atom stereocenters. The van der Waals surface area contributed by atoms with Crippen molar-refractivity contribution < 1.29 is 22.7 Å². The number of carbonyl (C=O) groups excluding carboxylic acids is 1. The van der Waals surface area contributed by atoms with Crippen molar-refractivity contribution in [3.8, 4) is 17.0 Å². The summed E-state index contributed by atoms with van der Waals surface area (Å²) in [5.74, 6) is -3.04. The minimum absolute atomic E-state index is 0.0308. The van der Waals surface area contributed by atoms with Gasteiger partial charge in [-0.15, -0.1) is 11.3 Å². The number of aromatic nitrogens is 1. The van der Waals surface area contributed by atoms with E-state index in [0.717, 1.165) is 23.5 Å². The Bertz CT molecular complexity index is 946. The van der Waals surface area contributed by atoms with Crippen molar-refractivity contribution in [2.45, 2.75) is 13.0 Å². The SMILES string of the molecule is C[C@@H](Oc1ccccc1F)C(=O)Nc1nc(-c2ccc(F)c(F)c2)cs1. The number of hydrogen-bond donors (Lipinski definition) is 1. The van der Waals surface area contributed by atoms with Crippen molar-refractivity contribution in [1.29, 1.82) is 0 Å². The average molecular weight is 378 g/mol. The molecule has 0 aliphatic heterocycles. The smallest absolute Gasteiger partial charge is 0.266 e. The maximum Gasteiger partial charge on any atom is 0.266 e. The Morgan fingerprint density at radius 1 is 1.12 bits per heavy atom. The van der Waals surface area contributed by atoms with Crippen LogP contribution in [0.15, 0.2) is 47.8 Å². The van der Waals surface area contributed by atoms with Crippen LogP contribution in [0.1, 0.15) is 6.92 Å². The molecule has 0 fully saturated rings. The van der Waals surface area contributed by atoms with E-state index in [9.17, 15) is 18.0 Å². The molecular formula is C18H13F3N2O2S. The Morgan fingerprint density at radius 2 is 1.88 bits per heavy atom. The molecule has 3 aromatic rings. The molecule has 0 spiro atoms. The lowest BCUT2D eigenvalue weighted by atomic mass is 10.2. The molecule has 0 aliphatic carbocycles. The first-order valence-corrected chi connectivity index (χ1v) is 8.45. The Hall–Kier alpha value is -2.87. The number of ether oxygens (including phenoxy) is 1. The molecule has 3 rings (SSSR count). The molecule has 1 N–H and O–H groups in total. The van der Waals surface area contributed by atoms with E-state index in [-0.39, 0.29) is 10.9 Å². The first-order valence-electron chi connectivity index (χ1n) is 7.57. The molecule has 1 heterocycles. The maximum absolute atomic E-state index is 13.6. The third-order valence-electron chi connectivity index (χ3n) is 3.46. The Kier molecular flexibility index (Phi) is 5.22. The van der Waals surface area contributed by atoms with Gasteiger partial charge in [0.25, 0.3) is 5.91 Å². The minimum atomic E-state index is -0.979. The summed E-state index contributed by atoms with van der Waals surface area (Å²) in [7, 11) is 0. The number of nitrogens with one attached hydrogen (secondary N) is 1. The number of amides is 1. The fourth-order valence-electron chi connectivity index (χ4n) is 2.11. The standard InChI is InChI=1S/C18H13F3N2O2S/c1-10(25-16-5-3-2-4-13(16)20)17(24)23-18-22-15(9-26-18)11-6-7-12(19)14(21)8-11/h2-10H,1H3,(H,22,23,24)/t10-/m1/s1. The number of carbonyl (C=O) groups is 1. The van der Waals surface area contributed by atoms with Crippen LogP contribution in [0.4, 0.5) is 18.3 Å². The van der Waals surface area contributed by atoms with Gasteiger partial charge in [-0.05, 0) is 37.3 Å². The van der Waals surface area contributed by atoms with Crippen LogP contribution < -0.4 is 10.1 Å². The summed E-state index contributed by atoms with van der Waals surface area (Å²) in [6.07, 6.45) is -0.956. The van der Waals surface area contributed by atoms with E-state index in [1.165, 1.54) is 31.2 Å². The van der Waals surface area contributed by atoms with Gasteiger partial charge in [-0.2, -0.15) is 0 Å². The molecule has 8 heteroatoms. The summed E-state index contributed by atoms with van der Waals surface area (Å²) in [6.45, 7) is 1.48. The summed E-state index contributed by atoms with van der Waals surface area (Å²) >= 11 is 1.12. The number of anilines is 1. The van der Waals surface area contributed by atoms with Gasteiger partial charge in [0.05, 0.1) is 5.69 Å². The first-order chi connectivity index (χ1) is 12.4. The van der Waals surface area contributed by atoms with Gasteiger partial charge in [0.1, 0.15) is 0 Å². The second-order valence-corrected chi connectivity index (χ2v) is 6.20. The molecule has 0 bridgehead atoms. The van der Waals surface area contributed by atoms with Crippen molar-refractivity contribution in [2.24, 2.45) is 0 Å². The van der Waals surface area contributed by atoms with E-state index in [0.29, 0.717) is 11.3 Å². The maximum atomic E-state index is 13.6. The van der Waals surface area contributed by atoms with Gasteiger partial charge in [0.15, 0.2) is 34.4 Å². The third-order valence-corrected chi connectivity index (χ3v) is 4.22. The summed E-state index contributed by atoms with van der Waals surface area (Å²) in [6, 6.07) is 9.19. The fraction of sp³-hybridized carbons (Fsp3) is 0.111. The predicted octanol–water partition coefficient (Wildman–Crippen LogP) is 4.63. The van der Waals surface area contributed by atoms with Crippen LogP contribution in [0.2, 0.25) is 0 Å².